The third-order valence-corrected chi connectivity index (χ3v) is 3.93. The lowest BCUT2D eigenvalue weighted by atomic mass is 10.1. The monoisotopic (exact) mass is 357 g/mol. The van der Waals surface area contributed by atoms with Crippen molar-refractivity contribution in [1.82, 2.24) is 0 Å². The second-order valence-electron chi connectivity index (χ2n) is 4.09. The lowest BCUT2D eigenvalue weighted by Gasteiger charge is -2.09. The molecule has 2 rings (SSSR count). The van der Waals surface area contributed by atoms with Crippen molar-refractivity contribution in [2.24, 2.45) is 0 Å². The summed E-state index contributed by atoms with van der Waals surface area (Å²) in [7, 11) is 0. The van der Waals surface area contributed by atoms with Crippen LogP contribution in [0, 0.1) is 5.82 Å². The van der Waals surface area contributed by atoms with Crippen LogP contribution in [0.2, 0.25) is 5.02 Å². The third kappa shape index (κ3) is 3.49. The minimum absolute atomic E-state index is 0.0528. The first-order chi connectivity index (χ1) is 9.47. The van der Waals surface area contributed by atoms with E-state index >= 15 is 0 Å². The Morgan fingerprint density at radius 3 is 2.70 bits per heavy atom. The van der Waals surface area contributed by atoms with Gasteiger partial charge in [-0.1, -0.05) is 11.6 Å². The van der Waals surface area contributed by atoms with Gasteiger partial charge in [0.25, 0.3) is 0 Å². The van der Waals surface area contributed by atoms with Gasteiger partial charge < -0.3 is 10.4 Å². The van der Waals surface area contributed by atoms with Crippen molar-refractivity contribution in [3.63, 3.8) is 0 Å². The standard InChI is InChI=1S/C14H10BrClFNO2/c15-11-3-2-10(6-12(11)16)18-7-9-5-8(14(19)20)1-4-13(9)17/h1-6,18H,7H2,(H,19,20). The molecule has 0 aliphatic rings. The van der Waals surface area contributed by atoms with Crippen molar-refractivity contribution < 1.29 is 14.3 Å². The molecule has 0 aromatic heterocycles. The number of carbonyl (C=O) groups is 1. The molecule has 0 aliphatic carbocycles. The average molecular weight is 359 g/mol. The minimum atomic E-state index is -1.09. The molecule has 0 spiro atoms. The summed E-state index contributed by atoms with van der Waals surface area (Å²) in [6.45, 7) is 0.172. The van der Waals surface area contributed by atoms with Crippen molar-refractivity contribution in [1.29, 1.82) is 0 Å². The summed E-state index contributed by atoms with van der Waals surface area (Å²) in [5, 5.41) is 12.4. The smallest absolute Gasteiger partial charge is 0.335 e. The van der Waals surface area contributed by atoms with Crippen LogP contribution in [0.3, 0.4) is 0 Å². The number of carboxylic acid groups (broad SMARTS) is 1. The molecule has 0 aliphatic heterocycles. The van der Waals surface area contributed by atoms with Gasteiger partial charge in [0.2, 0.25) is 0 Å². The van der Waals surface area contributed by atoms with Crippen LogP contribution in [0.15, 0.2) is 40.9 Å². The summed E-state index contributed by atoms with van der Waals surface area (Å²) in [5.41, 5.74) is 1.05. The van der Waals surface area contributed by atoms with Crippen LogP contribution >= 0.6 is 27.5 Å². The van der Waals surface area contributed by atoms with Gasteiger partial charge in [-0.25, -0.2) is 9.18 Å². The predicted molar refractivity (Wildman–Crippen MR) is 79.8 cm³/mol. The summed E-state index contributed by atoms with van der Waals surface area (Å²) >= 11 is 9.23. The van der Waals surface area contributed by atoms with Gasteiger partial charge in [0.05, 0.1) is 10.6 Å². The molecule has 0 fully saturated rings. The molecule has 0 unspecified atom stereocenters. The van der Waals surface area contributed by atoms with E-state index in [4.69, 9.17) is 16.7 Å². The molecule has 0 amide bonds. The first kappa shape index (κ1) is 14.8. The van der Waals surface area contributed by atoms with E-state index in [1.54, 1.807) is 18.2 Å². The highest BCUT2D eigenvalue weighted by Crippen LogP contribution is 2.26. The molecule has 0 atom stereocenters. The number of anilines is 1. The van der Waals surface area contributed by atoms with E-state index in [-0.39, 0.29) is 17.7 Å². The highest BCUT2D eigenvalue weighted by Gasteiger charge is 2.08. The number of carboxylic acids is 1. The summed E-state index contributed by atoms with van der Waals surface area (Å²) in [5.74, 6) is -1.54. The number of hydrogen-bond donors (Lipinski definition) is 2. The van der Waals surface area contributed by atoms with Crippen molar-refractivity contribution in [2.45, 2.75) is 6.54 Å². The Hall–Kier alpha value is -1.59. The lowest BCUT2D eigenvalue weighted by molar-refractivity contribution is 0.0696. The fraction of sp³-hybridized carbons (Fsp3) is 0.0714. The van der Waals surface area contributed by atoms with E-state index in [1.165, 1.54) is 12.1 Å². The molecule has 0 bridgehead atoms. The fourth-order valence-electron chi connectivity index (χ4n) is 1.65. The van der Waals surface area contributed by atoms with Crippen molar-refractivity contribution in [2.75, 3.05) is 5.32 Å². The highest BCUT2D eigenvalue weighted by atomic mass is 79.9. The number of halogens is 3. The molecule has 0 saturated heterocycles. The summed E-state index contributed by atoms with van der Waals surface area (Å²) in [4.78, 5) is 10.9. The van der Waals surface area contributed by atoms with Gasteiger partial charge in [-0.3, -0.25) is 0 Å². The average Bonchev–Trinajstić information content (AvgIpc) is 2.41. The first-order valence-corrected chi connectivity index (χ1v) is 6.85. The van der Waals surface area contributed by atoms with Crippen LogP contribution in [-0.4, -0.2) is 11.1 Å². The van der Waals surface area contributed by atoms with Gasteiger partial charge in [0.1, 0.15) is 5.82 Å². The molecule has 3 nitrogen and oxygen atoms in total. The van der Waals surface area contributed by atoms with Gasteiger partial charge in [-0.05, 0) is 52.3 Å². The fourth-order valence-corrected chi connectivity index (χ4v) is 2.07. The van der Waals surface area contributed by atoms with Gasteiger partial charge >= 0.3 is 5.97 Å². The Morgan fingerprint density at radius 1 is 1.30 bits per heavy atom. The number of nitrogens with one attached hydrogen (secondary N) is 1. The second kappa shape index (κ2) is 6.24. The topological polar surface area (TPSA) is 49.3 Å². The Labute approximate surface area is 128 Å². The van der Waals surface area contributed by atoms with Crippen LogP contribution in [0.25, 0.3) is 0 Å². The van der Waals surface area contributed by atoms with Crippen molar-refractivity contribution >= 4 is 39.2 Å². The summed E-state index contributed by atoms with van der Waals surface area (Å²) in [6, 6.07) is 8.95. The largest absolute Gasteiger partial charge is 0.478 e. The number of aromatic carboxylic acids is 1. The lowest BCUT2D eigenvalue weighted by Crippen LogP contribution is -2.05. The molecule has 20 heavy (non-hydrogen) atoms. The maximum atomic E-state index is 13.6. The third-order valence-electron chi connectivity index (χ3n) is 2.70. The Morgan fingerprint density at radius 2 is 2.05 bits per heavy atom. The van der Waals surface area contributed by atoms with E-state index in [0.29, 0.717) is 5.02 Å². The van der Waals surface area contributed by atoms with Crippen LogP contribution in [0.5, 0.6) is 0 Å². The highest BCUT2D eigenvalue weighted by molar-refractivity contribution is 9.10. The van der Waals surface area contributed by atoms with Gasteiger partial charge in [0, 0.05) is 22.3 Å². The summed E-state index contributed by atoms with van der Waals surface area (Å²) in [6.07, 6.45) is 0. The van der Waals surface area contributed by atoms with Crippen molar-refractivity contribution in [3.8, 4) is 0 Å². The Bertz CT molecular complexity index is 664. The molecule has 0 heterocycles. The minimum Gasteiger partial charge on any atom is -0.478 e. The molecular weight excluding hydrogens is 349 g/mol. The van der Waals surface area contributed by atoms with E-state index in [1.807, 2.05) is 0 Å². The number of rotatable bonds is 4. The van der Waals surface area contributed by atoms with Crippen LogP contribution in [0.1, 0.15) is 15.9 Å². The maximum Gasteiger partial charge on any atom is 0.335 e. The molecule has 6 heteroatoms. The zero-order valence-corrected chi connectivity index (χ0v) is 12.5. The molecule has 2 N–H and O–H groups in total. The zero-order chi connectivity index (χ0) is 14.7. The van der Waals surface area contributed by atoms with Gasteiger partial charge in [-0.2, -0.15) is 0 Å². The summed E-state index contributed by atoms with van der Waals surface area (Å²) < 4.78 is 14.4. The SMILES string of the molecule is O=C(O)c1ccc(F)c(CNc2ccc(Br)c(Cl)c2)c1. The zero-order valence-electron chi connectivity index (χ0n) is 10.2. The normalized spacial score (nSPS) is 10.3. The van der Waals surface area contributed by atoms with E-state index in [0.717, 1.165) is 16.2 Å². The van der Waals surface area contributed by atoms with Crippen LogP contribution in [-0.2, 0) is 6.54 Å². The first-order valence-electron chi connectivity index (χ1n) is 5.68. The molecule has 104 valence electrons. The molecule has 0 saturated carbocycles. The number of benzene rings is 2. The van der Waals surface area contributed by atoms with Crippen molar-refractivity contribution in [3.05, 3.63) is 62.8 Å². The van der Waals surface area contributed by atoms with Crippen LogP contribution in [0.4, 0.5) is 10.1 Å². The molecule has 0 radical (unpaired) electrons. The van der Waals surface area contributed by atoms with Gasteiger partial charge in [0.15, 0.2) is 0 Å². The molecule has 2 aromatic rings. The van der Waals surface area contributed by atoms with E-state index in [9.17, 15) is 9.18 Å². The molecular formula is C14H10BrClFNO2. The quantitative estimate of drug-likeness (QED) is 0.843. The molecule has 2 aromatic carbocycles. The van der Waals surface area contributed by atoms with E-state index in [2.05, 4.69) is 21.2 Å². The number of hydrogen-bond acceptors (Lipinski definition) is 2. The second-order valence-corrected chi connectivity index (χ2v) is 5.36. The Balaban J connectivity index is 2.15. The van der Waals surface area contributed by atoms with E-state index < -0.39 is 11.8 Å². The predicted octanol–water partition coefficient (Wildman–Crippen LogP) is 4.55. The van der Waals surface area contributed by atoms with Gasteiger partial charge in [-0.15, -0.1) is 0 Å². The maximum absolute atomic E-state index is 13.6. The Kier molecular flexibility index (Phi) is 4.62. The van der Waals surface area contributed by atoms with Crippen LogP contribution < -0.4 is 5.32 Å².